The molecule has 1 heterocycles. The van der Waals surface area contributed by atoms with Crippen molar-refractivity contribution in [2.24, 2.45) is 4.99 Å². The van der Waals surface area contributed by atoms with Crippen LogP contribution in [0.3, 0.4) is 0 Å². The smallest absolute Gasteiger partial charge is 0.191 e. The molecule has 1 fully saturated rings. The SMILES string of the molecule is CN=C(NCCOC)NC1CCN(c2cc(Cl)ccc2OC)C1.I. The number of benzene rings is 1. The fraction of sp³-hybridized carbons (Fsp3) is 0.562. The van der Waals surface area contributed by atoms with Crippen molar-refractivity contribution >= 4 is 47.2 Å². The first-order valence-corrected chi connectivity index (χ1v) is 8.10. The second-order valence-corrected chi connectivity index (χ2v) is 5.82. The fourth-order valence-electron chi connectivity index (χ4n) is 2.67. The van der Waals surface area contributed by atoms with E-state index in [2.05, 4.69) is 20.5 Å². The minimum Gasteiger partial charge on any atom is -0.495 e. The van der Waals surface area contributed by atoms with E-state index in [-0.39, 0.29) is 24.0 Å². The van der Waals surface area contributed by atoms with Gasteiger partial charge in [0.15, 0.2) is 5.96 Å². The molecule has 0 radical (unpaired) electrons. The van der Waals surface area contributed by atoms with Crippen LogP contribution < -0.4 is 20.3 Å². The van der Waals surface area contributed by atoms with E-state index in [0.717, 1.165) is 43.5 Å². The molecule has 0 aliphatic carbocycles. The molecule has 0 saturated carbocycles. The molecule has 8 heteroatoms. The molecular weight excluding hydrogens is 443 g/mol. The number of anilines is 1. The third kappa shape index (κ3) is 5.86. The molecule has 136 valence electrons. The number of rotatable bonds is 6. The number of guanidine groups is 1. The van der Waals surface area contributed by atoms with Gasteiger partial charge in [0.1, 0.15) is 5.75 Å². The van der Waals surface area contributed by atoms with E-state index >= 15 is 0 Å². The Kier molecular flexibility index (Phi) is 9.53. The van der Waals surface area contributed by atoms with Crippen molar-refractivity contribution in [3.8, 4) is 5.75 Å². The van der Waals surface area contributed by atoms with Gasteiger partial charge in [-0.1, -0.05) is 11.6 Å². The second kappa shape index (κ2) is 10.8. The van der Waals surface area contributed by atoms with Gasteiger partial charge in [0.2, 0.25) is 0 Å². The summed E-state index contributed by atoms with van der Waals surface area (Å²) in [5, 5.41) is 7.39. The molecule has 2 rings (SSSR count). The predicted molar refractivity (Wildman–Crippen MR) is 110 cm³/mol. The van der Waals surface area contributed by atoms with Crippen LogP contribution in [0.2, 0.25) is 5.02 Å². The maximum Gasteiger partial charge on any atom is 0.191 e. The first-order chi connectivity index (χ1) is 11.2. The van der Waals surface area contributed by atoms with Gasteiger partial charge in [-0.25, -0.2) is 0 Å². The summed E-state index contributed by atoms with van der Waals surface area (Å²) in [7, 11) is 5.14. The molecule has 0 aromatic heterocycles. The Morgan fingerprint density at radius 1 is 1.42 bits per heavy atom. The number of hydrogen-bond donors (Lipinski definition) is 2. The first kappa shape index (κ1) is 21.1. The zero-order valence-electron chi connectivity index (χ0n) is 14.3. The van der Waals surface area contributed by atoms with Gasteiger partial charge in [0.05, 0.1) is 19.4 Å². The highest BCUT2D eigenvalue weighted by atomic mass is 127. The number of nitrogens with zero attached hydrogens (tertiary/aromatic N) is 2. The van der Waals surface area contributed by atoms with Crippen LogP contribution in [-0.2, 0) is 4.74 Å². The number of nitrogens with one attached hydrogen (secondary N) is 2. The number of aliphatic imine (C=N–C) groups is 1. The molecule has 2 N–H and O–H groups in total. The number of ether oxygens (including phenoxy) is 2. The Labute approximate surface area is 166 Å². The first-order valence-electron chi connectivity index (χ1n) is 7.72. The van der Waals surface area contributed by atoms with Crippen molar-refractivity contribution in [3.05, 3.63) is 23.2 Å². The molecule has 1 unspecified atom stereocenters. The topological polar surface area (TPSA) is 58.1 Å². The summed E-state index contributed by atoms with van der Waals surface area (Å²) >= 11 is 6.13. The lowest BCUT2D eigenvalue weighted by Gasteiger charge is -2.22. The van der Waals surface area contributed by atoms with Crippen molar-refractivity contribution in [1.29, 1.82) is 0 Å². The largest absolute Gasteiger partial charge is 0.495 e. The summed E-state index contributed by atoms with van der Waals surface area (Å²) in [6, 6.07) is 6.03. The molecule has 1 aromatic rings. The van der Waals surface area contributed by atoms with Crippen molar-refractivity contribution in [1.82, 2.24) is 10.6 Å². The summed E-state index contributed by atoms with van der Waals surface area (Å²) in [5.74, 6) is 1.64. The molecule has 1 aliphatic rings. The molecule has 1 aliphatic heterocycles. The summed E-state index contributed by atoms with van der Waals surface area (Å²) in [6.07, 6.45) is 1.03. The average Bonchev–Trinajstić information content (AvgIpc) is 3.02. The third-order valence-electron chi connectivity index (χ3n) is 3.83. The summed E-state index contributed by atoms with van der Waals surface area (Å²) < 4.78 is 10.5. The van der Waals surface area contributed by atoms with Gasteiger partial charge in [-0.05, 0) is 24.6 Å². The van der Waals surface area contributed by atoms with Crippen LogP contribution in [0.25, 0.3) is 0 Å². The molecule has 0 amide bonds. The minimum absolute atomic E-state index is 0. The standard InChI is InChI=1S/C16H25ClN4O2.HI/c1-18-16(19-7-9-22-2)20-13-6-8-21(11-13)14-10-12(17)4-5-15(14)23-3;/h4-5,10,13H,6-9,11H2,1-3H3,(H2,18,19,20);1H. The van der Waals surface area contributed by atoms with Crippen LogP contribution in [0.1, 0.15) is 6.42 Å². The molecule has 1 atom stereocenters. The summed E-state index contributed by atoms with van der Waals surface area (Å²) in [5.41, 5.74) is 1.03. The van der Waals surface area contributed by atoms with Crippen LogP contribution in [0.5, 0.6) is 5.75 Å². The Morgan fingerprint density at radius 2 is 2.21 bits per heavy atom. The molecule has 1 aromatic carbocycles. The lowest BCUT2D eigenvalue weighted by Crippen LogP contribution is -2.45. The van der Waals surface area contributed by atoms with Crippen LogP contribution in [0.4, 0.5) is 5.69 Å². The van der Waals surface area contributed by atoms with Gasteiger partial charge < -0.3 is 25.0 Å². The van der Waals surface area contributed by atoms with Crippen LogP contribution in [-0.4, -0.2) is 59.5 Å². The number of methoxy groups -OCH3 is 2. The van der Waals surface area contributed by atoms with Gasteiger partial charge in [0.25, 0.3) is 0 Å². The zero-order valence-corrected chi connectivity index (χ0v) is 17.4. The van der Waals surface area contributed by atoms with Crippen LogP contribution in [0, 0.1) is 0 Å². The maximum absolute atomic E-state index is 6.13. The van der Waals surface area contributed by atoms with Gasteiger partial charge in [-0.15, -0.1) is 24.0 Å². The molecular formula is C16H26ClIN4O2. The van der Waals surface area contributed by atoms with Gasteiger partial charge in [-0.2, -0.15) is 0 Å². The van der Waals surface area contributed by atoms with E-state index in [0.29, 0.717) is 17.7 Å². The number of hydrogen-bond acceptors (Lipinski definition) is 4. The van der Waals surface area contributed by atoms with E-state index in [4.69, 9.17) is 21.1 Å². The third-order valence-corrected chi connectivity index (χ3v) is 4.07. The van der Waals surface area contributed by atoms with Crippen LogP contribution in [0.15, 0.2) is 23.2 Å². The number of halogens is 2. The molecule has 0 spiro atoms. The van der Waals surface area contributed by atoms with E-state index < -0.39 is 0 Å². The quantitative estimate of drug-likeness (QED) is 0.291. The van der Waals surface area contributed by atoms with Crippen molar-refractivity contribution < 1.29 is 9.47 Å². The lowest BCUT2D eigenvalue weighted by atomic mass is 10.2. The normalized spacial score (nSPS) is 17.4. The van der Waals surface area contributed by atoms with E-state index in [9.17, 15) is 0 Å². The Balaban J connectivity index is 0.00000288. The van der Waals surface area contributed by atoms with Crippen molar-refractivity contribution in [3.63, 3.8) is 0 Å². The van der Waals surface area contributed by atoms with E-state index in [1.54, 1.807) is 21.3 Å². The zero-order chi connectivity index (χ0) is 16.7. The van der Waals surface area contributed by atoms with Crippen molar-refractivity contribution in [2.75, 3.05) is 52.4 Å². The predicted octanol–water partition coefficient (Wildman–Crippen LogP) is 2.36. The highest BCUT2D eigenvalue weighted by Crippen LogP contribution is 2.33. The fourth-order valence-corrected chi connectivity index (χ4v) is 2.83. The molecule has 6 nitrogen and oxygen atoms in total. The van der Waals surface area contributed by atoms with E-state index in [1.165, 1.54) is 0 Å². The summed E-state index contributed by atoms with van der Waals surface area (Å²) in [6.45, 7) is 3.21. The molecule has 0 bridgehead atoms. The average molecular weight is 469 g/mol. The van der Waals surface area contributed by atoms with Crippen LogP contribution >= 0.6 is 35.6 Å². The van der Waals surface area contributed by atoms with Gasteiger partial charge >= 0.3 is 0 Å². The molecule has 24 heavy (non-hydrogen) atoms. The van der Waals surface area contributed by atoms with Gasteiger partial charge in [0, 0.05) is 44.9 Å². The maximum atomic E-state index is 6.13. The van der Waals surface area contributed by atoms with E-state index in [1.807, 2.05) is 18.2 Å². The highest BCUT2D eigenvalue weighted by Gasteiger charge is 2.25. The Morgan fingerprint density at radius 3 is 2.88 bits per heavy atom. The second-order valence-electron chi connectivity index (χ2n) is 5.38. The minimum atomic E-state index is 0. The highest BCUT2D eigenvalue weighted by molar-refractivity contribution is 14.0. The molecule has 1 saturated heterocycles. The lowest BCUT2D eigenvalue weighted by molar-refractivity contribution is 0.203. The monoisotopic (exact) mass is 468 g/mol. The summed E-state index contributed by atoms with van der Waals surface area (Å²) in [4.78, 5) is 6.53. The van der Waals surface area contributed by atoms with Crippen molar-refractivity contribution in [2.45, 2.75) is 12.5 Å². The Bertz CT molecular complexity index is 545. The van der Waals surface area contributed by atoms with Gasteiger partial charge in [-0.3, -0.25) is 4.99 Å². The Hall–Kier alpha value is -0.930.